The molecule has 0 aliphatic rings. The molecule has 0 aromatic carbocycles. The molecule has 92 valence electrons. The number of aryl methyl sites for hydroxylation is 2. The van der Waals surface area contributed by atoms with Crippen LogP contribution in [0.5, 0.6) is 0 Å². The van der Waals surface area contributed by atoms with Crippen molar-refractivity contribution in [3.05, 3.63) is 34.0 Å². The van der Waals surface area contributed by atoms with Gasteiger partial charge in [-0.15, -0.1) is 22.7 Å². The highest BCUT2D eigenvalue weighted by atomic mass is 32.1. The molecule has 0 spiro atoms. The summed E-state index contributed by atoms with van der Waals surface area (Å²) in [6.45, 7) is 3.87. The average molecular weight is 278 g/mol. The topological polar surface area (TPSA) is 59.3 Å². The number of imidazole rings is 1. The Bertz CT molecular complexity index is 724. The molecule has 0 aliphatic heterocycles. The summed E-state index contributed by atoms with van der Waals surface area (Å²) in [5.74, 6) is -0.223. The van der Waals surface area contributed by atoms with Gasteiger partial charge in [0, 0.05) is 22.7 Å². The molecule has 3 aromatic rings. The summed E-state index contributed by atoms with van der Waals surface area (Å²) in [6.07, 6.45) is 1.75. The maximum absolute atomic E-state index is 12.0. The Hall–Kier alpha value is -1.73. The van der Waals surface area contributed by atoms with Crippen LogP contribution in [0.1, 0.15) is 21.9 Å². The van der Waals surface area contributed by atoms with Crippen LogP contribution in [0.4, 0.5) is 5.13 Å². The van der Waals surface area contributed by atoms with Gasteiger partial charge in [0.2, 0.25) is 0 Å². The standard InChI is InChI=1S/C11H10N4OS2/c1-6-4-17-10(12-6)14-9(16)8-3-15-7(2)5-18-11(15)13-8/h3-5H,1-2H3,(H,12,14,16). The molecule has 1 amide bonds. The third-order valence-electron chi connectivity index (χ3n) is 2.46. The first-order chi connectivity index (χ1) is 8.63. The lowest BCUT2D eigenvalue weighted by atomic mass is 10.4. The summed E-state index contributed by atoms with van der Waals surface area (Å²) >= 11 is 2.93. The number of aromatic nitrogens is 3. The predicted molar refractivity (Wildman–Crippen MR) is 72.6 cm³/mol. The molecule has 0 aliphatic carbocycles. The van der Waals surface area contributed by atoms with E-state index in [-0.39, 0.29) is 5.91 Å². The van der Waals surface area contributed by atoms with Crippen LogP contribution in [0.25, 0.3) is 4.96 Å². The zero-order valence-electron chi connectivity index (χ0n) is 9.80. The predicted octanol–water partition coefficient (Wildman–Crippen LogP) is 2.72. The van der Waals surface area contributed by atoms with Crippen molar-refractivity contribution in [1.29, 1.82) is 0 Å². The molecule has 5 nitrogen and oxygen atoms in total. The van der Waals surface area contributed by atoms with Crippen LogP contribution in [0.2, 0.25) is 0 Å². The van der Waals surface area contributed by atoms with Gasteiger partial charge in [-0.25, -0.2) is 9.97 Å². The van der Waals surface area contributed by atoms with E-state index in [1.807, 2.05) is 29.0 Å². The van der Waals surface area contributed by atoms with Crippen LogP contribution in [-0.4, -0.2) is 20.3 Å². The quantitative estimate of drug-likeness (QED) is 0.784. The lowest BCUT2D eigenvalue weighted by Crippen LogP contribution is -2.12. The van der Waals surface area contributed by atoms with E-state index in [0.29, 0.717) is 10.8 Å². The highest BCUT2D eigenvalue weighted by Crippen LogP contribution is 2.18. The fourth-order valence-corrected chi connectivity index (χ4v) is 3.11. The molecule has 3 aromatic heterocycles. The number of fused-ring (bicyclic) bond motifs is 1. The Morgan fingerprint density at radius 1 is 1.28 bits per heavy atom. The van der Waals surface area contributed by atoms with E-state index >= 15 is 0 Å². The van der Waals surface area contributed by atoms with Gasteiger partial charge < -0.3 is 0 Å². The second-order valence-electron chi connectivity index (χ2n) is 3.90. The van der Waals surface area contributed by atoms with Crippen molar-refractivity contribution in [3.8, 4) is 0 Å². The number of thiazole rings is 2. The largest absolute Gasteiger partial charge is 0.296 e. The van der Waals surface area contributed by atoms with Crippen LogP contribution < -0.4 is 5.32 Å². The van der Waals surface area contributed by atoms with E-state index in [1.54, 1.807) is 6.20 Å². The van der Waals surface area contributed by atoms with Crippen molar-refractivity contribution in [2.24, 2.45) is 0 Å². The number of amides is 1. The minimum Gasteiger partial charge on any atom is -0.296 e. The Morgan fingerprint density at radius 2 is 2.11 bits per heavy atom. The molecule has 0 saturated heterocycles. The molecular formula is C11H10N4OS2. The minimum absolute atomic E-state index is 0.223. The van der Waals surface area contributed by atoms with E-state index in [0.717, 1.165) is 16.3 Å². The summed E-state index contributed by atoms with van der Waals surface area (Å²) in [6, 6.07) is 0. The van der Waals surface area contributed by atoms with Crippen molar-refractivity contribution < 1.29 is 4.79 Å². The lowest BCUT2D eigenvalue weighted by Gasteiger charge is -1.96. The van der Waals surface area contributed by atoms with Crippen molar-refractivity contribution in [2.45, 2.75) is 13.8 Å². The number of hydrogen-bond donors (Lipinski definition) is 1. The van der Waals surface area contributed by atoms with E-state index in [4.69, 9.17) is 0 Å². The van der Waals surface area contributed by atoms with Crippen LogP contribution in [0.3, 0.4) is 0 Å². The first-order valence-corrected chi connectivity index (χ1v) is 7.06. The first-order valence-electron chi connectivity index (χ1n) is 5.30. The third kappa shape index (κ3) is 1.91. The van der Waals surface area contributed by atoms with Gasteiger partial charge in [-0.2, -0.15) is 0 Å². The molecule has 0 unspecified atom stereocenters. The summed E-state index contributed by atoms with van der Waals surface area (Å²) < 4.78 is 1.91. The molecule has 0 bridgehead atoms. The Morgan fingerprint density at radius 3 is 2.78 bits per heavy atom. The smallest absolute Gasteiger partial charge is 0.277 e. The molecule has 0 atom stereocenters. The highest BCUT2D eigenvalue weighted by molar-refractivity contribution is 7.15. The fraction of sp³-hybridized carbons (Fsp3) is 0.182. The Balaban J connectivity index is 1.87. The zero-order valence-corrected chi connectivity index (χ0v) is 11.4. The van der Waals surface area contributed by atoms with Crippen molar-refractivity contribution in [3.63, 3.8) is 0 Å². The maximum atomic E-state index is 12.0. The van der Waals surface area contributed by atoms with Gasteiger partial charge in [0.25, 0.3) is 5.91 Å². The van der Waals surface area contributed by atoms with Crippen LogP contribution in [0.15, 0.2) is 17.0 Å². The van der Waals surface area contributed by atoms with Gasteiger partial charge in [-0.1, -0.05) is 0 Å². The molecule has 3 rings (SSSR count). The molecule has 0 fully saturated rings. The van der Waals surface area contributed by atoms with Gasteiger partial charge in [-0.05, 0) is 13.8 Å². The van der Waals surface area contributed by atoms with E-state index < -0.39 is 0 Å². The number of nitrogens with one attached hydrogen (secondary N) is 1. The monoisotopic (exact) mass is 278 g/mol. The summed E-state index contributed by atoms with van der Waals surface area (Å²) in [5, 5.41) is 7.25. The number of anilines is 1. The third-order valence-corrected chi connectivity index (χ3v) is 4.29. The van der Waals surface area contributed by atoms with Crippen LogP contribution >= 0.6 is 22.7 Å². The van der Waals surface area contributed by atoms with Crippen LogP contribution in [0, 0.1) is 13.8 Å². The van der Waals surface area contributed by atoms with Gasteiger partial charge in [0.15, 0.2) is 10.1 Å². The first kappa shape index (κ1) is 11.4. The lowest BCUT2D eigenvalue weighted by molar-refractivity contribution is 0.102. The second-order valence-corrected chi connectivity index (χ2v) is 5.60. The average Bonchev–Trinajstić information content (AvgIpc) is 2.98. The Labute approximate surface area is 111 Å². The molecule has 0 saturated carbocycles. The molecule has 3 heterocycles. The van der Waals surface area contributed by atoms with Crippen molar-refractivity contribution >= 4 is 38.7 Å². The summed E-state index contributed by atoms with van der Waals surface area (Å²) in [5.41, 5.74) is 2.39. The summed E-state index contributed by atoms with van der Waals surface area (Å²) in [4.78, 5) is 21.3. The maximum Gasteiger partial charge on any atom is 0.277 e. The van der Waals surface area contributed by atoms with E-state index in [2.05, 4.69) is 15.3 Å². The molecule has 0 radical (unpaired) electrons. The van der Waals surface area contributed by atoms with E-state index in [1.165, 1.54) is 22.7 Å². The van der Waals surface area contributed by atoms with Crippen molar-refractivity contribution in [1.82, 2.24) is 14.4 Å². The second kappa shape index (κ2) is 4.18. The highest BCUT2D eigenvalue weighted by Gasteiger charge is 2.14. The van der Waals surface area contributed by atoms with Crippen LogP contribution in [-0.2, 0) is 0 Å². The fourth-order valence-electron chi connectivity index (χ4n) is 1.58. The van der Waals surface area contributed by atoms with Gasteiger partial charge in [-0.3, -0.25) is 14.5 Å². The Kier molecular flexibility index (Phi) is 2.64. The summed E-state index contributed by atoms with van der Waals surface area (Å²) in [7, 11) is 0. The number of hydrogen-bond acceptors (Lipinski definition) is 5. The zero-order chi connectivity index (χ0) is 12.7. The molecular weight excluding hydrogens is 268 g/mol. The number of carbonyl (C=O) groups is 1. The van der Waals surface area contributed by atoms with Gasteiger partial charge in [0.1, 0.15) is 5.69 Å². The molecule has 7 heteroatoms. The number of rotatable bonds is 2. The van der Waals surface area contributed by atoms with Crippen molar-refractivity contribution in [2.75, 3.05) is 5.32 Å². The van der Waals surface area contributed by atoms with Gasteiger partial charge in [0.05, 0.1) is 5.69 Å². The van der Waals surface area contributed by atoms with E-state index in [9.17, 15) is 4.79 Å². The molecule has 18 heavy (non-hydrogen) atoms. The number of nitrogens with zero attached hydrogens (tertiary/aromatic N) is 3. The minimum atomic E-state index is -0.223. The SMILES string of the molecule is Cc1csc(NC(=O)c2cn3c(C)csc3n2)n1. The number of carbonyl (C=O) groups excluding carboxylic acids is 1. The molecule has 1 N–H and O–H groups in total. The normalized spacial score (nSPS) is 11.0. The van der Waals surface area contributed by atoms with Gasteiger partial charge >= 0.3 is 0 Å².